The zero-order chi connectivity index (χ0) is 15.4. The minimum Gasteiger partial charge on any atom is -0.449 e. The van der Waals surface area contributed by atoms with Crippen LogP contribution in [0.1, 0.15) is 13.8 Å². The summed E-state index contributed by atoms with van der Waals surface area (Å²) in [6.45, 7) is 10.5. The highest BCUT2D eigenvalue weighted by molar-refractivity contribution is 5.81. The van der Waals surface area contributed by atoms with Crippen LogP contribution in [-0.4, -0.2) is 43.4 Å². The second kappa shape index (κ2) is 10.1. The third kappa shape index (κ3) is 8.39. The maximum absolute atomic E-state index is 11.2. The Bertz CT molecular complexity index is 372. The second-order valence-electron chi connectivity index (χ2n) is 4.20. The van der Waals surface area contributed by atoms with Crippen molar-refractivity contribution in [2.24, 2.45) is 0 Å². The molecule has 2 unspecified atom stereocenters. The van der Waals surface area contributed by atoms with Crippen LogP contribution in [0.3, 0.4) is 0 Å². The molecule has 112 valence electrons. The lowest BCUT2D eigenvalue weighted by atomic mass is 10.1. The minimum atomic E-state index is -1.20. The number of carbonyl (C=O) groups is 1. The van der Waals surface area contributed by atoms with Gasteiger partial charge in [0.25, 0.3) is 0 Å². The molecular formula is C14H20O6. The smallest absolute Gasteiger partial charge is 0.331 e. The lowest BCUT2D eigenvalue weighted by molar-refractivity contribution is -0.320. The fourth-order valence-corrected chi connectivity index (χ4v) is 1.16. The summed E-state index contributed by atoms with van der Waals surface area (Å²) >= 11 is 0. The highest BCUT2D eigenvalue weighted by Gasteiger charge is 2.26. The zero-order valence-corrected chi connectivity index (χ0v) is 11.8. The molecule has 0 saturated heterocycles. The van der Waals surface area contributed by atoms with Crippen LogP contribution in [0.5, 0.6) is 0 Å². The van der Waals surface area contributed by atoms with Crippen molar-refractivity contribution in [1.29, 1.82) is 0 Å². The predicted molar refractivity (Wildman–Crippen MR) is 72.5 cm³/mol. The van der Waals surface area contributed by atoms with Gasteiger partial charge in [-0.05, 0) is 13.8 Å². The van der Waals surface area contributed by atoms with Crippen LogP contribution in [0.15, 0.2) is 31.4 Å². The summed E-state index contributed by atoms with van der Waals surface area (Å²) in [5.74, 6) is 0.933. The number of carbonyl (C=O) groups excluding carboxylic acids is 2. The lowest BCUT2D eigenvalue weighted by Crippen LogP contribution is -2.35. The number of esters is 1. The first-order valence-corrected chi connectivity index (χ1v) is 6.01. The Morgan fingerprint density at radius 2 is 2.15 bits per heavy atom. The van der Waals surface area contributed by atoms with Crippen molar-refractivity contribution in [1.82, 2.24) is 0 Å². The highest BCUT2D eigenvalue weighted by Crippen LogP contribution is 2.13. The van der Waals surface area contributed by atoms with Crippen LogP contribution in [0.2, 0.25) is 0 Å². The Kier molecular flexibility index (Phi) is 9.24. The molecule has 0 aromatic carbocycles. The van der Waals surface area contributed by atoms with Crippen molar-refractivity contribution in [2.75, 3.05) is 19.8 Å². The summed E-state index contributed by atoms with van der Waals surface area (Å²) in [7, 11) is 0. The Hall–Kier alpha value is -1.72. The van der Waals surface area contributed by atoms with Crippen LogP contribution >= 0.6 is 0 Å². The predicted octanol–water partition coefficient (Wildman–Crippen LogP) is 1.40. The molecule has 6 heteroatoms. The van der Waals surface area contributed by atoms with Crippen molar-refractivity contribution in [3.8, 4) is 0 Å². The van der Waals surface area contributed by atoms with E-state index in [4.69, 9.17) is 19.2 Å². The quantitative estimate of drug-likeness (QED) is 0.109. The number of hydrogen-bond donors (Lipinski definition) is 0. The van der Waals surface area contributed by atoms with Gasteiger partial charge in [0, 0.05) is 12.2 Å². The number of ether oxygens (including phenoxy) is 2. The minimum absolute atomic E-state index is 0.0169. The van der Waals surface area contributed by atoms with E-state index >= 15 is 0 Å². The van der Waals surface area contributed by atoms with E-state index in [9.17, 15) is 9.59 Å². The van der Waals surface area contributed by atoms with Crippen LogP contribution in [0, 0.1) is 0 Å². The molecule has 20 heavy (non-hydrogen) atoms. The SMILES string of the molecule is C=CCOOC(C)COCC(C)(C=C=O)OC(=O)C=C. The van der Waals surface area contributed by atoms with Crippen LogP contribution in [0.4, 0.5) is 0 Å². The van der Waals surface area contributed by atoms with Crippen LogP contribution in [0.25, 0.3) is 0 Å². The number of hydrogen-bond acceptors (Lipinski definition) is 6. The molecule has 0 aliphatic rings. The molecular weight excluding hydrogens is 264 g/mol. The molecule has 0 aromatic rings. The van der Waals surface area contributed by atoms with Gasteiger partial charge in [0.05, 0.1) is 13.2 Å². The van der Waals surface area contributed by atoms with E-state index in [0.717, 1.165) is 12.2 Å². The normalized spacial score (nSPS) is 14.5. The molecule has 0 amide bonds. The molecule has 0 aliphatic heterocycles. The average Bonchev–Trinajstić information content (AvgIpc) is 2.39. The first-order valence-electron chi connectivity index (χ1n) is 6.01. The monoisotopic (exact) mass is 284 g/mol. The van der Waals surface area contributed by atoms with Gasteiger partial charge < -0.3 is 9.47 Å². The van der Waals surface area contributed by atoms with Crippen LogP contribution < -0.4 is 0 Å². The summed E-state index contributed by atoms with van der Waals surface area (Å²) in [5, 5.41) is 0. The van der Waals surface area contributed by atoms with Crippen molar-refractivity contribution in [3.05, 3.63) is 31.4 Å². The molecule has 0 rings (SSSR count). The maximum atomic E-state index is 11.2. The largest absolute Gasteiger partial charge is 0.449 e. The van der Waals surface area contributed by atoms with Crippen LogP contribution in [-0.2, 0) is 28.8 Å². The van der Waals surface area contributed by atoms with Gasteiger partial charge >= 0.3 is 5.97 Å². The molecule has 2 atom stereocenters. The third-order valence-corrected chi connectivity index (χ3v) is 2.02. The molecule has 0 fully saturated rings. The molecule has 6 nitrogen and oxygen atoms in total. The molecule has 0 N–H and O–H groups in total. The van der Waals surface area contributed by atoms with E-state index in [1.54, 1.807) is 18.9 Å². The van der Waals surface area contributed by atoms with Gasteiger partial charge in [-0.2, -0.15) is 0 Å². The standard InChI is InChI=1S/C14H20O6/c1-5-9-18-20-12(3)10-17-11-14(4,7-8-15)19-13(16)6-2/h5-7,12H,1-2,9-11H2,3-4H3. The first-order chi connectivity index (χ1) is 9.47. The Balaban J connectivity index is 4.20. The fraction of sp³-hybridized carbons (Fsp3) is 0.500. The molecule has 0 aromatic heterocycles. The van der Waals surface area contributed by atoms with E-state index in [2.05, 4.69) is 13.2 Å². The molecule has 0 spiro atoms. The van der Waals surface area contributed by atoms with Gasteiger partial charge in [-0.25, -0.2) is 19.4 Å². The average molecular weight is 284 g/mol. The van der Waals surface area contributed by atoms with Crippen molar-refractivity contribution < 1.29 is 28.8 Å². The second-order valence-corrected chi connectivity index (χ2v) is 4.20. The summed E-state index contributed by atoms with van der Waals surface area (Å²) < 4.78 is 10.4. The van der Waals surface area contributed by atoms with E-state index < -0.39 is 11.6 Å². The van der Waals surface area contributed by atoms with Crippen molar-refractivity contribution in [3.63, 3.8) is 0 Å². The third-order valence-electron chi connectivity index (χ3n) is 2.02. The highest BCUT2D eigenvalue weighted by atomic mass is 17.2. The van der Waals surface area contributed by atoms with E-state index in [1.807, 2.05) is 0 Å². The lowest BCUT2D eigenvalue weighted by Gasteiger charge is -2.24. The fourth-order valence-electron chi connectivity index (χ4n) is 1.16. The molecule has 0 aliphatic carbocycles. The van der Waals surface area contributed by atoms with Gasteiger partial charge in [-0.15, -0.1) is 6.58 Å². The summed E-state index contributed by atoms with van der Waals surface area (Å²) in [4.78, 5) is 31.4. The molecule has 0 bridgehead atoms. The van der Waals surface area contributed by atoms with Gasteiger partial charge in [-0.3, -0.25) is 0 Å². The molecule has 0 saturated carbocycles. The first kappa shape index (κ1) is 18.3. The maximum Gasteiger partial charge on any atom is 0.331 e. The topological polar surface area (TPSA) is 71.1 Å². The summed E-state index contributed by atoms with van der Waals surface area (Å²) in [5.41, 5.74) is -1.20. The van der Waals surface area contributed by atoms with Gasteiger partial charge in [0.15, 0.2) is 5.60 Å². The van der Waals surface area contributed by atoms with E-state index in [1.165, 1.54) is 6.92 Å². The number of rotatable bonds is 11. The molecule has 0 heterocycles. The van der Waals surface area contributed by atoms with Gasteiger partial charge in [0.2, 0.25) is 0 Å². The summed E-state index contributed by atoms with van der Waals surface area (Å²) in [6.07, 6.45) is 3.31. The Morgan fingerprint density at radius 3 is 2.70 bits per heavy atom. The van der Waals surface area contributed by atoms with Crippen molar-refractivity contribution >= 4 is 11.9 Å². The zero-order valence-electron chi connectivity index (χ0n) is 11.8. The van der Waals surface area contributed by atoms with Gasteiger partial charge in [-0.1, -0.05) is 12.7 Å². The van der Waals surface area contributed by atoms with E-state index in [0.29, 0.717) is 0 Å². The molecule has 0 radical (unpaired) electrons. The Morgan fingerprint density at radius 1 is 1.45 bits per heavy atom. The van der Waals surface area contributed by atoms with Gasteiger partial charge in [0.1, 0.15) is 18.7 Å². The van der Waals surface area contributed by atoms with E-state index in [-0.39, 0.29) is 25.9 Å². The van der Waals surface area contributed by atoms with Crippen molar-refractivity contribution in [2.45, 2.75) is 25.6 Å². The summed E-state index contributed by atoms with van der Waals surface area (Å²) in [6, 6.07) is 0. The Labute approximate surface area is 118 Å².